The van der Waals surface area contributed by atoms with Crippen molar-refractivity contribution in [1.82, 2.24) is 0 Å². The Kier molecular flexibility index (Phi) is 15.4. The Morgan fingerprint density at radius 1 is 0.742 bits per heavy atom. The van der Waals surface area contributed by atoms with Gasteiger partial charge in [-0.3, -0.25) is 0 Å². The molecule has 1 aromatic rings. The third kappa shape index (κ3) is 11.2. The molecule has 0 fully saturated rings. The average molecular weight is 431 g/mol. The fourth-order valence-electron chi connectivity index (χ4n) is 4.73. The minimum absolute atomic E-state index is 0.553. The van der Waals surface area contributed by atoms with E-state index in [4.69, 9.17) is 0 Å². The molecule has 1 N–H and O–H groups in total. The molecule has 0 aliphatic heterocycles. The van der Waals surface area contributed by atoms with Crippen LogP contribution in [0, 0.1) is 5.92 Å². The van der Waals surface area contributed by atoms with E-state index in [2.05, 4.69) is 33.8 Å². The summed E-state index contributed by atoms with van der Waals surface area (Å²) in [6.45, 7) is 9.12. The van der Waals surface area contributed by atoms with E-state index >= 15 is 0 Å². The molecule has 0 aliphatic rings. The average Bonchev–Trinajstić information content (AvgIpc) is 2.75. The summed E-state index contributed by atoms with van der Waals surface area (Å²) in [5.74, 6) is -0.134. The van der Waals surface area contributed by atoms with E-state index in [9.17, 15) is 9.90 Å². The fraction of sp³-hybridized carbons (Fsp3) is 0.759. The summed E-state index contributed by atoms with van der Waals surface area (Å²) in [6, 6.07) is 4.02. The van der Waals surface area contributed by atoms with Crippen LogP contribution in [0.3, 0.4) is 0 Å². The Morgan fingerprint density at radius 3 is 1.94 bits per heavy atom. The number of rotatable bonds is 19. The van der Waals surface area contributed by atoms with Gasteiger partial charge in [-0.05, 0) is 60.8 Å². The lowest BCUT2D eigenvalue weighted by molar-refractivity contribution is 0.0695. The third-order valence-corrected chi connectivity index (χ3v) is 6.69. The maximum atomic E-state index is 12.0. The molecule has 0 aliphatic carbocycles. The molecule has 178 valence electrons. The van der Waals surface area contributed by atoms with Crippen LogP contribution < -0.4 is 0 Å². The van der Waals surface area contributed by atoms with Crippen molar-refractivity contribution in [3.05, 3.63) is 34.4 Å². The topological polar surface area (TPSA) is 37.3 Å². The molecular weight excluding hydrogens is 380 g/mol. The minimum Gasteiger partial charge on any atom is -0.478 e. The summed E-state index contributed by atoms with van der Waals surface area (Å²) < 4.78 is 0. The van der Waals surface area contributed by atoms with Crippen LogP contribution in [0.1, 0.15) is 145 Å². The van der Waals surface area contributed by atoms with Crippen LogP contribution in [0.5, 0.6) is 0 Å². The van der Waals surface area contributed by atoms with Gasteiger partial charge in [-0.25, -0.2) is 4.79 Å². The van der Waals surface area contributed by atoms with E-state index in [0.29, 0.717) is 11.5 Å². The third-order valence-electron chi connectivity index (χ3n) is 6.69. The smallest absolute Gasteiger partial charge is 0.335 e. The van der Waals surface area contributed by atoms with Gasteiger partial charge < -0.3 is 5.11 Å². The van der Waals surface area contributed by atoms with Gasteiger partial charge in [-0.2, -0.15) is 0 Å². The Balaban J connectivity index is 2.94. The van der Waals surface area contributed by atoms with Crippen molar-refractivity contribution in [1.29, 1.82) is 0 Å². The molecule has 2 heteroatoms. The number of carboxylic acids is 1. The van der Waals surface area contributed by atoms with Crippen molar-refractivity contribution >= 4 is 5.97 Å². The van der Waals surface area contributed by atoms with E-state index in [0.717, 1.165) is 31.2 Å². The normalized spacial score (nSPS) is 12.3. The first-order valence-electron chi connectivity index (χ1n) is 13.4. The van der Waals surface area contributed by atoms with Gasteiger partial charge in [0.25, 0.3) is 0 Å². The first-order chi connectivity index (χ1) is 15.0. The molecule has 31 heavy (non-hydrogen) atoms. The molecule has 1 rings (SSSR count). The lowest BCUT2D eigenvalue weighted by Crippen LogP contribution is -2.12. The van der Waals surface area contributed by atoms with Crippen LogP contribution in [-0.4, -0.2) is 11.1 Å². The van der Waals surface area contributed by atoms with E-state index in [-0.39, 0.29) is 0 Å². The lowest BCUT2D eigenvalue weighted by atomic mass is 9.84. The number of aromatic carboxylic acids is 1. The Bertz CT molecular complexity index is 605. The van der Waals surface area contributed by atoms with E-state index in [1.54, 1.807) is 0 Å². The van der Waals surface area contributed by atoms with Crippen LogP contribution in [0.2, 0.25) is 0 Å². The molecule has 0 spiro atoms. The summed E-state index contributed by atoms with van der Waals surface area (Å²) in [7, 11) is 0. The molecule has 2 nitrogen and oxygen atoms in total. The Hall–Kier alpha value is -1.31. The number of unbranched alkanes of at least 4 members (excludes halogenated alkanes) is 10. The monoisotopic (exact) mass is 430 g/mol. The number of hydrogen-bond donors (Lipinski definition) is 1. The van der Waals surface area contributed by atoms with E-state index < -0.39 is 5.97 Å². The maximum Gasteiger partial charge on any atom is 0.335 e. The number of hydrogen-bond acceptors (Lipinski definition) is 1. The molecular formula is C29H50O2. The van der Waals surface area contributed by atoms with Crippen LogP contribution in [-0.2, 0) is 19.3 Å². The van der Waals surface area contributed by atoms with Crippen LogP contribution >= 0.6 is 0 Å². The molecule has 0 heterocycles. The van der Waals surface area contributed by atoms with Gasteiger partial charge in [0, 0.05) is 0 Å². The number of carbonyl (C=O) groups is 1. The van der Waals surface area contributed by atoms with Crippen molar-refractivity contribution in [2.75, 3.05) is 0 Å². The van der Waals surface area contributed by atoms with Gasteiger partial charge in [0.2, 0.25) is 0 Å². The van der Waals surface area contributed by atoms with Crippen LogP contribution in [0.25, 0.3) is 0 Å². The standard InChI is InChI=1S/C29H50O2/c1-5-8-11-13-14-16-18-24(4)23-28-25(19-15-10-7-3)21-22-27(29(30)31)26(28)20-17-12-9-6-2/h21-22,24H,5-20,23H2,1-4H3,(H,30,31). The van der Waals surface area contributed by atoms with Crippen molar-refractivity contribution in [2.45, 2.75) is 137 Å². The van der Waals surface area contributed by atoms with Gasteiger partial charge in [-0.1, -0.05) is 111 Å². The molecule has 1 unspecified atom stereocenters. The second kappa shape index (κ2) is 17.3. The van der Waals surface area contributed by atoms with Crippen LogP contribution in [0.4, 0.5) is 0 Å². The zero-order valence-corrected chi connectivity index (χ0v) is 21.1. The molecule has 1 aromatic carbocycles. The quantitative estimate of drug-likeness (QED) is 0.222. The van der Waals surface area contributed by atoms with Crippen LogP contribution in [0.15, 0.2) is 12.1 Å². The lowest BCUT2D eigenvalue weighted by Gasteiger charge is -2.21. The van der Waals surface area contributed by atoms with Crippen molar-refractivity contribution < 1.29 is 9.90 Å². The zero-order valence-electron chi connectivity index (χ0n) is 21.1. The Morgan fingerprint density at radius 2 is 1.29 bits per heavy atom. The van der Waals surface area contributed by atoms with Gasteiger partial charge in [0.05, 0.1) is 5.56 Å². The second-order valence-electron chi connectivity index (χ2n) is 9.67. The van der Waals surface area contributed by atoms with E-state index in [1.165, 1.54) is 94.6 Å². The summed E-state index contributed by atoms with van der Waals surface area (Å²) in [5, 5.41) is 9.88. The highest BCUT2D eigenvalue weighted by molar-refractivity contribution is 5.90. The molecule has 0 saturated heterocycles. The zero-order chi connectivity index (χ0) is 22.9. The highest BCUT2D eigenvalue weighted by Crippen LogP contribution is 2.28. The summed E-state index contributed by atoms with van der Waals surface area (Å²) in [5.41, 5.74) is 4.50. The Labute approximate surface area is 193 Å². The highest BCUT2D eigenvalue weighted by Gasteiger charge is 2.19. The van der Waals surface area contributed by atoms with Crippen molar-refractivity contribution in [2.24, 2.45) is 5.92 Å². The molecule has 1 atom stereocenters. The van der Waals surface area contributed by atoms with Gasteiger partial charge in [0.15, 0.2) is 0 Å². The highest BCUT2D eigenvalue weighted by atomic mass is 16.4. The van der Waals surface area contributed by atoms with Crippen molar-refractivity contribution in [3.8, 4) is 0 Å². The first kappa shape index (κ1) is 27.7. The largest absolute Gasteiger partial charge is 0.478 e. The molecule has 0 amide bonds. The summed E-state index contributed by atoms with van der Waals surface area (Å²) >= 11 is 0. The summed E-state index contributed by atoms with van der Waals surface area (Å²) in [4.78, 5) is 12.0. The maximum absolute atomic E-state index is 12.0. The molecule has 0 aromatic heterocycles. The van der Waals surface area contributed by atoms with E-state index in [1.807, 2.05) is 6.07 Å². The first-order valence-corrected chi connectivity index (χ1v) is 13.4. The predicted molar refractivity (Wildman–Crippen MR) is 135 cm³/mol. The molecule has 0 radical (unpaired) electrons. The van der Waals surface area contributed by atoms with Gasteiger partial charge >= 0.3 is 5.97 Å². The predicted octanol–water partition coefficient (Wildman–Crippen LogP) is 9.17. The van der Waals surface area contributed by atoms with Gasteiger partial charge in [-0.15, -0.1) is 0 Å². The van der Waals surface area contributed by atoms with Crippen molar-refractivity contribution in [3.63, 3.8) is 0 Å². The minimum atomic E-state index is -0.754. The number of carboxylic acid groups (broad SMARTS) is 1. The van der Waals surface area contributed by atoms with Gasteiger partial charge in [0.1, 0.15) is 0 Å². The number of aryl methyl sites for hydroxylation is 1. The molecule has 0 bridgehead atoms. The summed E-state index contributed by atoms with van der Waals surface area (Å²) in [6.07, 6.45) is 20.8. The number of benzene rings is 1. The fourth-order valence-corrected chi connectivity index (χ4v) is 4.73. The SMILES string of the molecule is CCCCCCCCC(C)Cc1c(CCCCC)ccc(C(=O)O)c1CCCCCC. The second-order valence-corrected chi connectivity index (χ2v) is 9.67. The molecule has 0 saturated carbocycles.